The standard InChI is InChI=1S/C14H21O3.Li/c1-4-9-15-11-12-7-8-13(16-5-2)10-14(12)17-6-3;/h7-8,10H,1,4-6,9,11H2,2-3H3;/q-1;+1. The van der Waals surface area contributed by atoms with E-state index in [0.717, 1.165) is 23.5 Å². The van der Waals surface area contributed by atoms with Crippen molar-refractivity contribution in [2.75, 3.05) is 19.8 Å². The van der Waals surface area contributed by atoms with Crippen LogP contribution in [0.25, 0.3) is 0 Å². The first-order valence-corrected chi connectivity index (χ1v) is 6.07. The normalized spacial score (nSPS) is 9.72. The van der Waals surface area contributed by atoms with Crippen molar-refractivity contribution in [3.63, 3.8) is 0 Å². The minimum atomic E-state index is 0. The Morgan fingerprint density at radius 2 is 1.83 bits per heavy atom. The zero-order valence-corrected chi connectivity index (χ0v) is 11.7. The summed E-state index contributed by atoms with van der Waals surface area (Å²) in [5, 5.41) is 0. The van der Waals surface area contributed by atoms with Crippen LogP contribution in [-0.2, 0) is 11.3 Å². The van der Waals surface area contributed by atoms with E-state index in [2.05, 4.69) is 6.92 Å². The third kappa shape index (κ3) is 5.82. The maximum atomic E-state index is 5.58. The van der Waals surface area contributed by atoms with Crippen LogP contribution in [0.3, 0.4) is 0 Å². The summed E-state index contributed by atoms with van der Waals surface area (Å²) in [6.07, 6.45) is 0.779. The molecule has 0 atom stereocenters. The van der Waals surface area contributed by atoms with Gasteiger partial charge in [-0.3, -0.25) is 0 Å². The molecule has 0 aliphatic rings. The fraction of sp³-hybridized carbons (Fsp3) is 0.500. The molecule has 1 aromatic carbocycles. The Bertz CT molecular complexity index is 329. The first-order valence-electron chi connectivity index (χ1n) is 6.07. The van der Waals surface area contributed by atoms with E-state index in [4.69, 9.17) is 14.2 Å². The zero-order valence-electron chi connectivity index (χ0n) is 11.7. The number of hydrogen-bond donors (Lipinski definition) is 0. The summed E-state index contributed by atoms with van der Waals surface area (Å²) in [5.74, 6) is 1.67. The van der Waals surface area contributed by atoms with Gasteiger partial charge >= 0.3 is 18.9 Å². The van der Waals surface area contributed by atoms with Crippen LogP contribution in [0.2, 0.25) is 0 Å². The molecule has 4 heteroatoms. The summed E-state index contributed by atoms with van der Waals surface area (Å²) in [7, 11) is 0. The summed E-state index contributed by atoms with van der Waals surface area (Å²) in [4.78, 5) is 0. The topological polar surface area (TPSA) is 27.7 Å². The first kappa shape index (κ1) is 17.4. The Morgan fingerprint density at radius 3 is 2.44 bits per heavy atom. The van der Waals surface area contributed by atoms with Gasteiger partial charge in [0.2, 0.25) is 0 Å². The van der Waals surface area contributed by atoms with Crippen LogP contribution in [0, 0.1) is 6.92 Å². The van der Waals surface area contributed by atoms with Crippen LogP contribution in [0.1, 0.15) is 25.8 Å². The Balaban J connectivity index is 0.00000289. The molecule has 1 aromatic rings. The average molecular weight is 244 g/mol. The SMILES string of the molecule is [CH2-]CCOCc1ccc(OCC)cc1OCC.[Li+]. The van der Waals surface area contributed by atoms with Crippen molar-refractivity contribution in [3.8, 4) is 11.5 Å². The Morgan fingerprint density at radius 1 is 1.11 bits per heavy atom. The van der Waals surface area contributed by atoms with E-state index in [1.54, 1.807) is 0 Å². The predicted octanol–water partition coefficient (Wildman–Crippen LogP) is 0.229. The van der Waals surface area contributed by atoms with Gasteiger partial charge in [-0.25, -0.2) is 0 Å². The van der Waals surface area contributed by atoms with E-state index in [1.807, 2.05) is 32.0 Å². The summed E-state index contributed by atoms with van der Waals surface area (Å²) in [5.41, 5.74) is 1.05. The molecule has 0 saturated heterocycles. The second-order valence-electron chi connectivity index (χ2n) is 3.54. The maximum Gasteiger partial charge on any atom is 1.00 e. The molecule has 0 amide bonds. The van der Waals surface area contributed by atoms with Crippen LogP contribution in [0.4, 0.5) is 0 Å². The van der Waals surface area contributed by atoms with Gasteiger partial charge in [-0.1, -0.05) is 0 Å². The van der Waals surface area contributed by atoms with Gasteiger partial charge < -0.3 is 21.1 Å². The minimum absolute atomic E-state index is 0. The maximum absolute atomic E-state index is 5.58. The molecule has 96 valence electrons. The van der Waals surface area contributed by atoms with Crippen LogP contribution >= 0.6 is 0 Å². The molecule has 0 aliphatic heterocycles. The molecule has 0 aliphatic carbocycles. The average Bonchev–Trinajstić information content (AvgIpc) is 2.33. The van der Waals surface area contributed by atoms with Crippen molar-refractivity contribution in [2.24, 2.45) is 0 Å². The summed E-state index contributed by atoms with van der Waals surface area (Å²) in [6, 6.07) is 5.84. The van der Waals surface area contributed by atoms with Gasteiger partial charge in [0, 0.05) is 18.2 Å². The Labute approximate surface area is 122 Å². The molecule has 0 spiro atoms. The summed E-state index contributed by atoms with van der Waals surface area (Å²) < 4.78 is 16.5. The quantitative estimate of drug-likeness (QED) is 0.372. The van der Waals surface area contributed by atoms with Crippen molar-refractivity contribution in [1.29, 1.82) is 0 Å². The van der Waals surface area contributed by atoms with E-state index in [9.17, 15) is 0 Å². The van der Waals surface area contributed by atoms with Gasteiger partial charge in [0.15, 0.2) is 0 Å². The van der Waals surface area contributed by atoms with Gasteiger partial charge in [0.25, 0.3) is 0 Å². The summed E-state index contributed by atoms with van der Waals surface area (Å²) >= 11 is 0. The molecule has 0 radical (unpaired) electrons. The molecule has 3 nitrogen and oxygen atoms in total. The van der Waals surface area contributed by atoms with Crippen molar-refractivity contribution in [3.05, 3.63) is 30.7 Å². The molecular weight excluding hydrogens is 223 g/mol. The number of ether oxygens (including phenoxy) is 3. The van der Waals surface area contributed by atoms with Crippen molar-refractivity contribution < 1.29 is 33.1 Å². The molecule has 0 fully saturated rings. The second kappa shape index (κ2) is 10.3. The van der Waals surface area contributed by atoms with Crippen LogP contribution in [-0.4, -0.2) is 19.8 Å². The molecule has 1 rings (SSSR count). The van der Waals surface area contributed by atoms with Gasteiger partial charge in [-0.15, -0.1) is 0 Å². The van der Waals surface area contributed by atoms with Gasteiger partial charge in [-0.2, -0.15) is 6.42 Å². The van der Waals surface area contributed by atoms with Gasteiger partial charge in [0.1, 0.15) is 11.5 Å². The third-order valence-electron chi connectivity index (χ3n) is 2.20. The van der Waals surface area contributed by atoms with Crippen molar-refractivity contribution >= 4 is 0 Å². The molecule has 0 aromatic heterocycles. The molecule has 0 bridgehead atoms. The molecule has 0 unspecified atom stereocenters. The van der Waals surface area contributed by atoms with Gasteiger partial charge in [0.05, 0.1) is 19.8 Å². The Hall–Kier alpha value is -0.623. The molecule has 18 heavy (non-hydrogen) atoms. The van der Waals surface area contributed by atoms with Crippen molar-refractivity contribution in [1.82, 2.24) is 0 Å². The smallest absolute Gasteiger partial charge is 0.494 e. The van der Waals surface area contributed by atoms with Crippen LogP contribution in [0.5, 0.6) is 11.5 Å². The summed E-state index contributed by atoms with van der Waals surface area (Å²) in [6.45, 7) is 10.2. The van der Waals surface area contributed by atoms with Crippen LogP contribution in [0.15, 0.2) is 18.2 Å². The Kier molecular flexibility index (Phi) is 9.96. The second-order valence-corrected chi connectivity index (χ2v) is 3.54. The van der Waals surface area contributed by atoms with Crippen molar-refractivity contribution in [2.45, 2.75) is 26.9 Å². The molecular formula is C14H21LiO3. The predicted molar refractivity (Wildman–Crippen MR) is 68.4 cm³/mol. The van der Waals surface area contributed by atoms with Crippen LogP contribution < -0.4 is 28.3 Å². The number of benzene rings is 1. The molecule has 0 N–H and O–H groups in total. The van der Waals surface area contributed by atoms with E-state index in [0.29, 0.717) is 26.4 Å². The third-order valence-corrected chi connectivity index (χ3v) is 2.20. The van der Waals surface area contributed by atoms with E-state index >= 15 is 0 Å². The monoisotopic (exact) mass is 244 g/mol. The molecule has 0 heterocycles. The molecule has 0 saturated carbocycles. The zero-order chi connectivity index (χ0) is 12.5. The number of hydrogen-bond acceptors (Lipinski definition) is 3. The number of rotatable bonds is 8. The first-order chi connectivity index (χ1) is 8.31. The largest absolute Gasteiger partial charge is 1.00 e. The van der Waals surface area contributed by atoms with E-state index in [-0.39, 0.29) is 18.9 Å². The fourth-order valence-electron chi connectivity index (χ4n) is 1.48. The van der Waals surface area contributed by atoms with Gasteiger partial charge in [-0.05, 0) is 26.0 Å². The van der Waals surface area contributed by atoms with E-state index < -0.39 is 0 Å². The fourth-order valence-corrected chi connectivity index (χ4v) is 1.48. The van der Waals surface area contributed by atoms with E-state index in [1.165, 1.54) is 0 Å². The minimum Gasteiger partial charge on any atom is -0.494 e.